The molecule has 1 aliphatic heterocycles. The molecular weight excluding hydrogens is 383 g/mol. The highest BCUT2D eigenvalue weighted by molar-refractivity contribution is 7.89. The summed E-state index contributed by atoms with van der Waals surface area (Å²) in [5.74, 6) is -0.608. The minimum Gasteiger partial charge on any atom is -0.368 e. The van der Waals surface area contributed by atoms with E-state index in [2.05, 4.69) is 4.72 Å². The summed E-state index contributed by atoms with van der Waals surface area (Å²) in [4.78, 5) is 16.0. The van der Waals surface area contributed by atoms with Gasteiger partial charge in [0.15, 0.2) is 0 Å². The van der Waals surface area contributed by atoms with E-state index in [4.69, 9.17) is 5.26 Å². The summed E-state index contributed by atoms with van der Waals surface area (Å²) in [7, 11) is -3.83. The molecule has 0 atom stereocenters. The summed E-state index contributed by atoms with van der Waals surface area (Å²) < 4.78 is 39.9. The quantitative estimate of drug-likeness (QED) is 0.814. The molecule has 7 nitrogen and oxygen atoms in total. The van der Waals surface area contributed by atoms with Gasteiger partial charge in [0.05, 0.1) is 23.1 Å². The van der Waals surface area contributed by atoms with E-state index in [1.54, 1.807) is 17.0 Å². The second-order valence-electron chi connectivity index (χ2n) is 6.30. The highest BCUT2D eigenvalue weighted by Crippen LogP contribution is 2.17. The van der Waals surface area contributed by atoms with Crippen molar-refractivity contribution in [2.45, 2.75) is 4.90 Å². The van der Waals surface area contributed by atoms with Crippen LogP contribution in [0, 0.1) is 17.1 Å². The van der Waals surface area contributed by atoms with Gasteiger partial charge in [-0.25, -0.2) is 17.5 Å². The van der Waals surface area contributed by atoms with E-state index in [0.29, 0.717) is 31.7 Å². The number of nitriles is 1. The average Bonchev–Trinajstić information content (AvgIpc) is 2.73. The van der Waals surface area contributed by atoms with Crippen molar-refractivity contribution in [3.63, 3.8) is 0 Å². The fourth-order valence-corrected chi connectivity index (χ4v) is 3.90. The Balaban J connectivity index is 1.52. The van der Waals surface area contributed by atoms with E-state index < -0.39 is 10.0 Å². The predicted molar refractivity (Wildman–Crippen MR) is 102 cm³/mol. The number of carbonyl (C=O) groups is 1. The maximum absolute atomic E-state index is 13.0. The Bertz CT molecular complexity index is 977. The van der Waals surface area contributed by atoms with Crippen molar-refractivity contribution in [1.82, 2.24) is 9.62 Å². The zero-order chi connectivity index (χ0) is 20.1. The summed E-state index contributed by atoms with van der Waals surface area (Å²) in [6.45, 7) is 1.74. The van der Waals surface area contributed by atoms with Gasteiger partial charge in [-0.15, -0.1) is 0 Å². The lowest BCUT2D eigenvalue weighted by Crippen LogP contribution is -2.51. The van der Waals surface area contributed by atoms with Crippen LogP contribution in [0.25, 0.3) is 0 Å². The summed E-state index contributed by atoms with van der Waals surface area (Å²) >= 11 is 0. The average molecular weight is 402 g/mol. The van der Waals surface area contributed by atoms with Crippen molar-refractivity contribution < 1.29 is 17.6 Å². The van der Waals surface area contributed by atoms with Crippen LogP contribution in [0.1, 0.15) is 5.56 Å². The molecule has 0 aromatic heterocycles. The molecule has 3 rings (SSSR count). The molecule has 1 fully saturated rings. The van der Waals surface area contributed by atoms with E-state index in [0.717, 1.165) is 5.69 Å². The van der Waals surface area contributed by atoms with Gasteiger partial charge in [0.1, 0.15) is 5.82 Å². The number of sulfonamides is 1. The smallest absolute Gasteiger partial charge is 0.241 e. The number of hydrogen-bond acceptors (Lipinski definition) is 5. The standard InChI is InChI=1S/C19H19FN4O3S/c20-16-3-5-17(6-4-16)23-9-11-24(12-10-23)19(25)14-22-28(26,27)18-7-1-15(13-21)2-8-18/h1-8,22H,9-12,14H2. The number of nitrogens with one attached hydrogen (secondary N) is 1. The van der Waals surface area contributed by atoms with Gasteiger partial charge in [-0.05, 0) is 48.5 Å². The Hall–Kier alpha value is -2.96. The van der Waals surface area contributed by atoms with Crippen LogP contribution in [-0.2, 0) is 14.8 Å². The maximum Gasteiger partial charge on any atom is 0.241 e. The molecule has 1 heterocycles. The minimum atomic E-state index is -3.83. The second-order valence-corrected chi connectivity index (χ2v) is 8.07. The van der Waals surface area contributed by atoms with Gasteiger partial charge in [-0.2, -0.15) is 5.26 Å². The number of benzene rings is 2. The first-order valence-electron chi connectivity index (χ1n) is 8.67. The summed E-state index contributed by atoms with van der Waals surface area (Å²) in [6.07, 6.45) is 0. The van der Waals surface area contributed by atoms with Crippen molar-refractivity contribution in [3.8, 4) is 6.07 Å². The predicted octanol–water partition coefficient (Wildman–Crippen LogP) is 1.32. The van der Waals surface area contributed by atoms with Crippen molar-refractivity contribution in [1.29, 1.82) is 5.26 Å². The van der Waals surface area contributed by atoms with Crippen LogP contribution in [0.3, 0.4) is 0 Å². The van der Waals surface area contributed by atoms with Crippen molar-refractivity contribution in [3.05, 3.63) is 59.9 Å². The zero-order valence-electron chi connectivity index (χ0n) is 15.0. The Morgan fingerprint density at radius 1 is 1.04 bits per heavy atom. The van der Waals surface area contributed by atoms with Crippen LogP contribution >= 0.6 is 0 Å². The largest absolute Gasteiger partial charge is 0.368 e. The molecule has 0 aliphatic carbocycles. The third kappa shape index (κ3) is 4.65. The SMILES string of the molecule is N#Cc1ccc(S(=O)(=O)NCC(=O)N2CCN(c3ccc(F)cc3)CC2)cc1. The first kappa shape index (κ1) is 19.8. The number of rotatable bonds is 5. The first-order chi connectivity index (χ1) is 13.4. The number of carbonyl (C=O) groups excluding carboxylic acids is 1. The van der Waals surface area contributed by atoms with Crippen LogP contribution in [0.5, 0.6) is 0 Å². The minimum absolute atomic E-state index is 0.000397. The van der Waals surface area contributed by atoms with Gasteiger partial charge in [-0.1, -0.05) is 0 Å². The van der Waals surface area contributed by atoms with Crippen LogP contribution in [-0.4, -0.2) is 51.9 Å². The van der Waals surface area contributed by atoms with Gasteiger partial charge in [-0.3, -0.25) is 4.79 Å². The maximum atomic E-state index is 13.0. The van der Waals surface area contributed by atoms with Gasteiger partial charge >= 0.3 is 0 Å². The molecule has 0 unspecified atom stereocenters. The molecular formula is C19H19FN4O3S. The van der Waals surface area contributed by atoms with E-state index in [-0.39, 0.29) is 23.2 Å². The highest BCUT2D eigenvalue weighted by Gasteiger charge is 2.23. The third-order valence-electron chi connectivity index (χ3n) is 4.53. The number of anilines is 1. The molecule has 1 N–H and O–H groups in total. The zero-order valence-corrected chi connectivity index (χ0v) is 15.8. The molecule has 0 radical (unpaired) electrons. The fourth-order valence-electron chi connectivity index (χ4n) is 2.93. The first-order valence-corrected chi connectivity index (χ1v) is 10.2. The Morgan fingerprint density at radius 3 is 2.21 bits per heavy atom. The Labute approximate surface area is 163 Å². The molecule has 28 heavy (non-hydrogen) atoms. The fraction of sp³-hybridized carbons (Fsp3) is 0.263. The molecule has 1 saturated heterocycles. The van der Waals surface area contributed by atoms with Crippen LogP contribution < -0.4 is 9.62 Å². The Morgan fingerprint density at radius 2 is 1.64 bits per heavy atom. The van der Waals surface area contributed by atoms with Crippen LogP contribution in [0.4, 0.5) is 10.1 Å². The highest BCUT2D eigenvalue weighted by atomic mass is 32.2. The lowest BCUT2D eigenvalue weighted by molar-refractivity contribution is -0.130. The normalized spacial score (nSPS) is 14.6. The number of nitrogens with zero attached hydrogens (tertiary/aromatic N) is 3. The van der Waals surface area contributed by atoms with Crippen molar-refractivity contribution in [2.75, 3.05) is 37.6 Å². The number of amides is 1. The summed E-state index contributed by atoms with van der Waals surface area (Å²) in [5, 5.41) is 8.77. The van der Waals surface area contributed by atoms with Crippen molar-refractivity contribution >= 4 is 21.6 Å². The molecule has 146 valence electrons. The topological polar surface area (TPSA) is 93.5 Å². The summed E-state index contributed by atoms with van der Waals surface area (Å²) in [6, 6.07) is 13.6. The lowest BCUT2D eigenvalue weighted by Gasteiger charge is -2.36. The van der Waals surface area contributed by atoms with E-state index in [9.17, 15) is 17.6 Å². The van der Waals surface area contributed by atoms with E-state index in [1.165, 1.54) is 36.4 Å². The molecule has 0 spiro atoms. The van der Waals surface area contributed by atoms with Gasteiger partial charge in [0, 0.05) is 31.9 Å². The molecule has 2 aromatic rings. The van der Waals surface area contributed by atoms with E-state index >= 15 is 0 Å². The second kappa shape index (κ2) is 8.37. The molecule has 1 amide bonds. The Kier molecular flexibility index (Phi) is 5.92. The van der Waals surface area contributed by atoms with Gasteiger partial charge in [0.2, 0.25) is 15.9 Å². The van der Waals surface area contributed by atoms with Crippen LogP contribution in [0.2, 0.25) is 0 Å². The lowest BCUT2D eigenvalue weighted by atomic mass is 10.2. The van der Waals surface area contributed by atoms with E-state index in [1.807, 2.05) is 11.0 Å². The number of hydrogen-bond donors (Lipinski definition) is 1. The monoisotopic (exact) mass is 402 g/mol. The number of piperazine rings is 1. The third-order valence-corrected chi connectivity index (χ3v) is 5.95. The van der Waals surface area contributed by atoms with Gasteiger partial charge in [0.25, 0.3) is 0 Å². The molecule has 0 bridgehead atoms. The van der Waals surface area contributed by atoms with Crippen LogP contribution in [0.15, 0.2) is 53.4 Å². The number of halogens is 1. The summed E-state index contributed by atoms with van der Waals surface area (Å²) in [5.41, 5.74) is 1.24. The molecule has 0 saturated carbocycles. The van der Waals surface area contributed by atoms with Gasteiger partial charge < -0.3 is 9.80 Å². The molecule has 9 heteroatoms. The molecule has 2 aromatic carbocycles. The van der Waals surface area contributed by atoms with Crippen molar-refractivity contribution in [2.24, 2.45) is 0 Å². The molecule has 1 aliphatic rings.